The fraction of sp³-hybridized carbons (Fsp3) is 0.467. The van der Waals surface area contributed by atoms with Gasteiger partial charge in [-0.2, -0.15) is 20.1 Å². The molecule has 1 saturated heterocycles. The molecule has 0 amide bonds. The molecule has 0 bridgehead atoms. The van der Waals surface area contributed by atoms with E-state index in [1.165, 1.54) is 20.4 Å². The fourth-order valence-electron chi connectivity index (χ4n) is 4.11. The highest BCUT2D eigenvalue weighted by Crippen LogP contribution is 2.15. The highest BCUT2D eigenvalue weighted by atomic mass is 16.7. The van der Waals surface area contributed by atoms with E-state index in [-0.39, 0.29) is 17.8 Å². The van der Waals surface area contributed by atoms with Crippen LogP contribution in [0.3, 0.4) is 0 Å². The second-order valence-corrected chi connectivity index (χ2v) is 10.1. The molecule has 42 heavy (non-hydrogen) atoms. The summed E-state index contributed by atoms with van der Waals surface area (Å²) in [5.74, 6) is 0.505. The maximum absolute atomic E-state index is 12.7. The SMILES string of the molecule is C=C(/C=C\C(=C)N(C)CCN(C)C(=C)/C=C\C(=C)n1cnn(C(CC)CC)c1=O)OCC1COC(Cn2nccn2)O1. The van der Waals surface area contributed by atoms with Crippen molar-refractivity contribution in [3.63, 3.8) is 0 Å². The molecule has 1 aliphatic heterocycles. The van der Waals surface area contributed by atoms with Crippen molar-refractivity contribution in [3.05, 3.63) is 97.0 Å². The van der Waals surface area contributed by atoms with Crippen LogP contribution in [0, 0.1) is 0 Å². The van der Waals surface area contributed by atoms with Crippen LogP contribution in [-0.2, 0) is 20.8 Å². The zero-order valence-corrected chi connectivity index (χ0v) is 25.3. The van der Waals surface area contributed by atoms with E-state index in [1.54, 1.807) is 24.5 Å². The Morgan fingerprint density at radius 1 is 1.02 bits per heavy atom. The summed E-state index contributed by atoms with van der Waals surface area (Å²) in [6.07, 6.45) is 13.1. The Morgan fingerprint density at radius 2 is 1.64 bits per heavy atom. The van der Waals surface area contributed by atoms with Crippen LogP contribution in [0.5, 0.6) is 0 Å². The van der Waals surface area contributed by atoms with Crippen molar-refractivity contribution in [2.45, 2.75) is 51.7 Å². The molecule has 228 valence electrons. The van der Waals surface area contributed by atoms with Gasteiger partial charge in [0, 0.05) is 44.3 Å². The van der Waals surface area contributed by atoms with Gasteiger partial charge in [-0.25, -0.2) is 9.48 Å². The summed E-state index contributed by atoms with van der Waals surface area (Å²) in [5.41, 5.74) is 1.94. The van der Waals surface area contributed by atoms with E-state index in [0.717, 1.165) is 24.2 Å². The number of likely N-dealkylation sites (N-methyl/N-ethyl adjacent to an activating group) is 2. The quantitative estimate of drug-likeness (QED) is 0.194. The summed E-state index contributed by atoms with van der Waals surface area (Å²) in [7, 11) is 3.92. The van der Waals surface area contributed by atoms with Gasteiger partial charge in [0.2, 0.25) is 0 Å². The maximum Gasteiger partial charge on any atom is 0.350 e. The van der Waals surface area contributed by atoms with Crippen molar-refractivity contribution in [1.29, 1.82) is 0 Å². The molecule has 0 spiro atoms. The fourth-order valence-corrected chi connectivity index (χ4v) is 4.11. The standard InChI is InChI=1S/C30H44N8O4/c1-9-27(10-2)38-30(39)36(22-33-38)25(5)12-11-23(3)34(7)17-18-35(8)24(4)13-14-26(6)40-20-28-21-41-29(42-28)19-37-31-15-16-32-37/h11-16,22,27-29H,3-6,9-10,17-21H2,1-2,7-8H3/b12-11-,14-13-. The third-order valence-electron chi connectivity index (χ3n) is 7.02. The van der Waals surface area contributed by atoms with Gasteiger partial charge in [0.05, 0.1) is 25.0 Å². The van der Waals surface area contributed by atoms with Crippen LogP contribution in [0.2, 0.25) is 0 Å². The minimum Gasteiger partial charge on any atom is -0.491 e. The molecule has 2 unspecified atom stereocenters. The third-order valence-corrected chi connectivity index (χ3v) is 7.02. The Kier molecular flexibility index (Phi) is 12.1. The Hall–Kier alpha value is -4.16. The van der Waals surface area contributed by atoms with Gasteiger partial charge >= 0.3 is 5.69 Å². The molecule has 0 saturated carbocycles. The molecule has 1 fully saturated rings. The summed E-state index contributed by atoms with van der Waals surface area (Å²) in [6.45, 7) is 23.0. The molecule has 2 atom stereocenters. The van der Waals surface area contributed by atoms with Gasteiger partial charge in [-0.05, 0) is 37.1 Å². The lowest BCUT2D eigenvalue weighted by atomic mass is 10.2. The first kappa shape index (κ1) is 32.4. The van der Waals surface area contributed by atoms with E-state index in [9.17, 15) is 4.79 Å². The Labute approximate surface area is 248 Å². The lowest BCUT2D eigenvalue weighted by Gasteiger charge is -2.25. The molecular formula is C30H44N8O4. The highest BCUT2D eigenvalue weighted by molar-refractivity contribution is 5.54. The van der Waals surface area contributed by atoms with Crippen LogP contribution < -0.4 is 5.69 Å². The van der Waals surface area contributed by atoms with E-state index in [4.69, 9.17) is 14.2 Å². The second-order valence-electron chi connectivity index (χ2n) is 10.1. The van der Waals surface area contributed by atoms with Crippen molar-refractivity contribution in [2.24, 2.45) is 0 Å². The van der Waals surface area contributed by atoms with Gasteiger partial charge in [-0.3, -0.25) is 4.57 Å². The molecule has 12 nitrogen and oxygen atoms in total. The normalized spacial score (nSPS) is 16.9. The van der Waals surface area contributed by atoms with Crippen molar-refractivity contribution >= 4 is 5.70 Å². The molecule has 12 heteroatoms. The summed E-state index contributed by atoms with van der Waals surface area (Å²) < 4.78 is 20.2. The Balaban J connectivity index is 1.37. The van der Waals surface area contributed by atoms with Gasteiger partial charge in [0.1, 0.15) is 31.3 Å². The summed E-state index contributed by atoms with van der Waals surface area (Å²) >= 11 is 0. The molecule has 1 aliphatic rings. The second kappa shape index (κ2) is 15.7. The molecule has 2 aromatic heterocycles. The van der Waals surface area contributed by atoms with Crippen molar-refractivity contribution < 1.29 is 14.2 Å². The first-order valence-corrected chi connectivity index (χ1v) is 14.1. The van der Waals surface area contributed by atoms with Crippen LogP contribution >= 0.6 is 0 Å². The number of hydrogen-bond acceptors (Lipinski definition) is 9. The zero-order valence-electron chi connectivity index (χ0n) is 25.3. The number of allylic oxidation sites excluding steroid dienone is 5. The number of rotatable bonds is 18. The molecular weight excluding hydrogens is 536 g/mol. The lowest BCUT2D eigenvalue weighted by Crippen LogP contribution is -2.29. The van der Waals surface area contributed by atoms with Gasteiger partial charge in [0.25, 0.3) is 0 Å². The minimum atomic E-state index is -0.402. The molecule has 2 aromatic rings. The van der Waals surface area contributed by atoms with Crippen LogP contribution in [0.4, 0.5) is 0 Å². The molecule has 0 aliphatic carbocycles. The van der Waals surface area contributed by atoms with Crippen molar-refractivity contribution in [1.82, 2.24) is 39.1 Å². The average molecular weight is 581 g/mol. The Morgan fingerprint density at radius 3 is 2.26 bits per heavy atom. The minimum absolute atomic E-state index is 0.0792. The zero-order chi connectivity index (χ0) is 30.6. The van der Waals surface area contributed by atoms with Gasteiger partial charge in [0.15, 0.2) is 6.29 Å². The monoisotopic (exact) mass is 580 g/mol. The molecule has 3 heterocycles. The van der Waals surface area contributed by atoms with Crippen molar-refractivity contribution in [3.8, 4) is 0 Å². The number of ether oxygens (including phenoxy) is 3. The number of hydrogen-bond donors (Lipinski definition) is 0. The van der Waals surface area contributed by atoms with Gasteiger partial charge in [-0.15, -0.1) is 0 Å². The first-order chi connectivity index (χ1) is 20.1. The third kappa shape index (κ3) is 9.18. The predicted octanol–water partition coefficient (Wildman–Crippen LogP) is 3.44. The van der Waals surface area contributed by atoms with Crippen molar-refractivity contribution in [2.75, 3.05) is 40.4 Å². The largest absolute Gasteiger partial charge is 0.491 e. The van der Waals surface area contributed by atoms with E-state index in [1.807, 2.05) is 49.9 Å². The highest BCUT2D eigenvalue weighted by Gasteiger charge is 2.27. The maximum atomic E-state index is 12.7. The average Bonchev–Trinajstić information content (AvgIpc) is 3.75. The first-order valence-electron chi connectivity index (χ1n) is 14.1. The summed E-state index contributed by atoms with van der Waals surface area (Å²) in [6, 6.07) is 0.0792. The smallest absolute Gasteiger partial charge is 0.350 e. The van der Waals surface area contributed by atoms with E-state index in [2.05, 4.69) is 41.6 Å². The van der Waals surface area contributed by atoms with Gasteiger partial charge < -0.3 is 24.0 Å². The molecule has 3 rings (SSSR count). The van der Waals surface area contributed by atoms with E-state index in [0.29, 0.717) is 44.3 Å². The topological polar surface area (TPSA) is 105 Å². The van der Waals surface area contributed by atoms with E-state index >= 15 is 0 Å². The summed E-state index contributed by atoms with van der Waals surface area (Å²) in [5, 5.41) is 12.4. The predicted molar refractivity (Wildman–Crippen MR) is 163 cm³/mol. The lowest BCUT2D eigenvalue weighted by molar-refractivity contribution is -0.0793. The van der Waals surface area contributed by atoms with Crippen LogP contribution in [0.25, 0.3) is 5.70 Å². The Bertz CT molecular complexity index is 1320. The van der Waals surface area contributed by atoms with E-state index < -0.39 is 6.29 Å². The summed E-state index contributed by atoms with van der Waals surface area (Å²) in [4.78, 5) is 18.3. The molecule has 0 aromatic carbocycles. The van der Waals surface area contributed by atoms with Gasteiger partial charge in [-0.1, -0.05) is 40.2 Å². The number of aromatic nitrogens is 6. The molecule has 0 N–H and O–H groups in total. The molecule has 0 radical (unpaired) electrons. The van der Waals surface area contributed by atoms with Crippen LogP contribution in [0.15, 0.2) is 91.3 Å². The van der Waals surface area contributed by atoms with Crippen LogP contribution in [-0.4, -0.2) is 91.9 Å². The van der Waals surface area contributed by atoms with Crippen LogP contribution in [0.1, 0.15) is 32.7 Å². The number of nitrogens with zero attached hydrogens (tertiary/aromatic N) is 8.